The first-order chi connectivity index (χ1) is 3.83. The van der Waals surface area contributed by atoms with Crippen molar-refractivity contribution in [3.8, 4) is 0 Å². The fourth-order valence-electron chi connectivity index (χ4n) is 0. The van der Waals surface area contributed by atoms with E-state index in [0.29, 0.717) is 26.2 Å². The van der Waals surface area contributed by atoms with Crippen LogP contribution in [0.25, 0.3) is 0 Å². The maximum Gasteiger partial charge on any atom is 2.00 e. The van der Waals surface area contributed by atoms with Crippen molar-refractivity contribution in [3.63, 3.8) is 0 Å². The summed E-state index contributed by atoms with van der Waals surface area (Å²) in [6.07, 6.45) is 0. The van der Waals surface area contributed by atoms with Gasteiger partial charge in [-0.3, -0.25) is 0 Å². The van der Waals surface area contributed by atoms with Crippen molar-refractivity contribution in [1.82, 2.24) is 0 Å². The van der Waals surface area contributed by atoms with Crippen molar-refractivity contribution in [2.75, 3.05) is 26.2 Å². The smallest absolute Gasteiger partial charge is 0.329 e. The average Bonchev–Trinajstić information content (AvgIpc) is 1.88. The summed E-state index contributed by atoms with van der Waals surface area (Å²) in [7, 11) is 0. The van der Waals surface area contributed by atoms with E-state index in [1.54, 1.807) is 0 Å². The van der Waals surface area contributed by atoms with Gasteiger partial charge in [0.15, 0.2) is 0 Å². The van der Waals surface area contributed by atoms with Crippen LogP contribution in [0.2, 0.25) is 0 Å². The van der Waals surface area contributed by atoms with Crippen LogP contribution in [0.3, 0.4) is 0 Å². The van der Waals surface area contributed by atoms with Crippen LogP contribution in [0.1, 0.15) is 0 Å². The molecule has 1 radical (unpaired) electrons. The minimum Gasteiger partial charge on any atom is -0.329 e. The first-order valence-corrected chi connectivity index (χ1v) is 2.63. The minimum atomic E-state index is 0. The molecule has 0 heterocycles. The second-order valence-electron chi connectivity index (χ2n) is 1.15. The Balaban J connectivity index is -0.0000000720. The summed E-state index contributed by atoms with van der Waals surface area (Å²) in [4.78, 5) is 0. The topological polar surface area (TPSA) is 104 Å². The molecule has 0 aromatic heterocycles. The molecule has 0 atom stereocenters. The third kappa shape index (κ3) is 61.1. The fraction of sp³-hybridized carbons (Fsp3) is 1.00. The maximum atomic E-state index is 4.90. The molecule has 0 fully saturated rings. The van der Waals surface area contributed by atoms with E-state index >= 15 is 0 Å². The van der Waals surface area contributed by atoms with E-state index < -0.39 is 0 Å². The van der Waals surface area contributed by atoms with Gasteiger partial charge in [-0.2, -0.15) is 0 Å². The van der Waals surface area contributed by atoms with Gasteiger partial charge in [0.1, 0.15) is 0 Å². The molecule has 0 rings (SSSR count). The molecule has 8 N–H and O–H groups in total. The standard InChI is InChI=1S/2C2H8N2.Co/c2*3-1-2-4;/h2*1-4H2;/q;;+2. The third-order valence-corrected chi connectivity index (χ3v) is 0.333. The van der Waals surface area contributed by atoms with E-state index in [9.17, 15) is 0 Å². The number of nitrogens with two attached hydrogens (primary N) is 4. The average molecular weight is 179 g/mol. The first kappa shape index (κ1) is 16.2. The summed E-state index contributed by atoms with van der Waals surface area (Å²) in [6, 6.07) is 0. The molecule has 0 saturated heterocycles. The molecule has 0 unspecified atom stereocenters. The van der Waals surface area contributed by atoms with Crippen LogP contribution in [0.15, 0.2) is 0 Å². The van der Waals surface area contributed by atoms with E-state index in [0.717, 1.165) is 0 Å². The van der Waals surface area contributed by atoms with E-state index in [1.165, 1.54) is 0 Å². The summed E-state index contributed by atoms with van der Waals surface area (Å²) >= 11 is 0. The maximum absolute atomic E-state index is 4.90. The molecular weight excluding hydrogens is 163 g/mol. The molecule has 0 aliphatic rings. The van der Waals surface area contributed by atoms with Crippen LogP contribution in [0.4, 0.5) is 0 Å². The molecule has 0 saturated carbocycles. The van der Waals surface area contributed by atoms with Gasteiger partial charge in [-0.1, -0.05) is 0 Å². The molecule has 0 aromatic rings. The zero-order chi connectivity index (χ0) is 6.83. The largest absolute Gasteiger partial charge is 2.00 e. The second kappa shape index (κ2) is 23.8. The zero-order valence-electron chi connectivity index (χ0n) is 5.47. The third-order valence-electron chi connectivity index (χ3n) is 0.333. The molecule has 59 valence electrons. The van der Waals surface area contributed by atoms with Crippen LogP contribution in [0.5, 0.6) is 0 Å². The van der Waals surface area contributed by atoms with Gasteiger partial charge >= 0.3 is 16.8 Å². The Labute approximate surface area is 66.5 Å². The fourth-order valence-corrected chi connectivity index (χ4v) is 0. The molecule has 0 bridgehead atoms. The normalized spacial score (nSPS) is 6.67. The Morgan fingerprint density at radius 2 is 0.667 bits per heavy atom. The van der Waals surface area contributed by atoms with E-state index in [4.69, 9.17) is 22.9 Å². The zero-order valence-corrected chi connectivity index (χ0v) is 6.51. The molecule has 0 amide bonds. The van der Waals surface area contributed by atoms with Crippen LogP contribution in [0, 0.1) is 0 Å². The van der Waals surface area contributed by atoms with Gasteiger partial charge in [-0.15, -0.1) is 0 Å². The molecular formula is C4H16CoN4+2. The van der Waals surface area contributed by atoms with E-state index in [1.807, 2.05) is 0 Å². The van der Waals surface area contributed by atoms with Gasteiger partial charge in [0.05, 0.1) is 0 Å². The second-order valence-corrected chi connectivity index (χ2v) is 1.15. The van der Waals surface area contributed by atoms with E-state index in [-0.39, 0.29) is 16.8 Å². The number of hydrogen-bond donors (Lipinski definition) is 4. The molecule has 0 aliphatic heterocycles. The quantitative estimate of drug-likeness (QED) is 0.386. The molecule has 0 aliphatic carbocycles. The molecule has 5 heteroatoms. The Kier molecular flexibility index (Phi) is 42.8. The Morgan fingerprint density at radius 1 is 0.556 bits per heavy atom. The van der Waals surface area contributed by atoms with Crippen molar-refractivity contribution in [2.24, 2.45) is 22.9 Å². The van der Waals surface area contributed by atoms with Gasteiger partial charge in [0, 0.05) is 26.2 Å². The molecule has 0 aromatic carbocycles. The van der Waals surface area contributed by atoms with Crippen LogP contribution in [-0.4, -0.2) is 26.2 Å². The Hall–Kier alpha value is 0.346. The summed E-state index contributed by atoms with van der Waals surface area (Å²) in [5, 5.41) is 0. The van der Waals surface area contributed by atoms with Crippen molar-refractivity contribution in [1.29, 1.82) is 0 Å². The van der Waals surface area contributed by atoms with Gasteiger partial charge < -0.3 is 22.9 Å². The monoisotopic (exact) mass is 179 g/mol. The number of rotatable bonds is 2. The predicted octanol–water partition coefficient (Wildman–Crippen LogP) is -2.19. The van der Waals surface area contributed by atoms with Crippen molar-refractivity contribution < 1.29 is 16.8 Å². The van der Waals surface area contributed by atoms with Gasteiger partial charge in [-0.05, 0) is 0 Å². The summed E-state index contributed by atoms with van der Waals surface area (Å²) in [6.45, 7) is 2.39. The first-order valence-electron chi connectivity index (χ1n) is 2.63. The Morgan fingerprint density at radius 3 is 0.667 bits per heavy atom. The van der Waals surface area contributed by atoms with Gasteiger partial charge in [-0.25, -0.2) is 0 Å². The number of hydrogen-bond acceptors (Lipinski definition) is 4. The van der Waals surface area contributed by atoms with Crippen molar-refractivity contribution in [3.05, 3.63) is 0 Å². The molecule has 9 heavy (non-hydrogen) atoms. The molecule has 0 spiro atoms. The molecule has 4 nitrogen and oxygen atoms in total. The van der Waals surface area contributed by atoms with Crippen LogP contribution < -0.4 is 22.9 Å². The minimum absolute atomic E-state index is 0. The Bertz CT molecular complexity index is 20.5. The SMILES string of the molecule is NCCN.NCCN.[Co+2]. The summed E-state index contributed by atoms with van der Waals surface area (Å²) in [5.74, 6) is 0. The predicted molar refractivity (Wildman–Crippen MR) is 36.2 cm³/mol. The van der Waals surface area contributed by atoms with Crippen LogP contribution >= 0.6 is 0 Å². The summed E-state index contributed by atoms with van der Waals surface area (Å²) in [5.41, 5.74) is 19.6. The van der Waals surface area contributed by atoms with Gasteiger partial charge in [0.25, 0.3) is 0 Å². The van der Waals surface area contributed by atoms with Crippen molar-refractivity contribution >= 4 is 0 Å². The summed E-state index contributed by atoms with van der Waals surface area (Å²) < 4.78 is 0. The van der Waals surface area contributed by atoms with Crippen molar-refractivity contribution in [2.45, 2.75) is 0 Å². The van der Waals surface area contributed by atoms with Gasteiger partial charge in [0.2, 0.25) is 0 Å². The van der Waals surface area contributed by atoms with E-state index in [2.05, 4.69) is 0 Å². The van der Waals surface area contributed by atoms with Crippen LogP contribution in [-0.2, 0) is 16.8 Å².